The zero-order chi connectivity index (χ0) is 17.6. The lowest BCUT2D eigenvalue weighted by atomic mass is 10.1. The Kier molecular flexibility index (Phi) is 5.95. The van der Waals surface area contributed by atoms with Crippen LogP contribution in [-0.2, 0) is 4.79 Å². The van der Waals surface area contributed by atoms with Gasteiger partial charge in [-0.3, -0.25) is 4.79 Å². The highest BCUT2D eigenvalue weighted by molar-refractivity contribution is 6.31. The minimum Gasteiger partial charge on any atom is -0.372 e. The Hall–Kier alpha value is -2.04. The highest BCUT2D eigenvalue weighted by atomic mass is 35.5. The first-order valence-corrected chi connectivity index (χ1v) is 9.14. The molecule has 25 heavy (non-hydrogen) atoms. The third-order valence-electron chi connectivity index (χ3n) is 4.56. The van der Waals surface area contributed by atoms with E-state index < -0.39 is 0 Å². The van der Waals surface area contributed by atoms with Crippen LogP contribution in [0.4, 0.5) is 11.4 Å². The first-order valence-electron chi connectivity index (χ1n) is 8.76. The predicted octanol–water partition coefficient (Wildman–Crippen LogP) is 4.23. The maximum absolute atomic E-state index is 12.2. The number of nitrogens with one attached hydrogen (secondary N) is 2. The zero-order valence-corrected chi connectivity index (χ0v) is 15.2. The summed E-state index contributed by atoms with van der Waals surface area (Å²) in [7, 11) is 0. The molecule has 0 bridgehead atoms. The summed E-state index contributed by atoms with van der Waals surface area (Å²) in [5.74, 6) is -0.0622. The van der Waals surface area contributed by atoms with Crippen molar-refractivity contribution in [3.63, 3.8) is 0 Å². The van der Waals surface area contributed by atoms with Crippen molar-refractivity contribution in [3.8, 4) is 0 Å². The summed E-state index contributed by atoms with van der Waals surface area (Å²) in [5.41, 5.74) is 3.04. The molecule has 0 aliphatic carbocycles. The number of anilines is 2. The first kappa shape index (κ1) is 17.8. The average molecular weight is 358 g/mol. The fraction of sp³-hybridized carbons (Fsp3) is 0.350. The topological polar surface area (TPSA) is 44.4 Å². The van der Waals surface area contributed by atoms with Crippen molar-refractivity contribution >= 4 is 28.9 Å². The summed E-state index contributed by atoms with van der Waals surface area (Å²) in [6, 6.07) is 15.7. The van der Waals surface area contributed by atoms with Crippen LogP contribution in [0.5, 0.6) is 0 Å². The second-order valence-electron chi connectivity index (χ2n) is 6.41. The minimum atomic E-state index is -0.0622. The van der Waals surface area contributed by atoms with Gasteiger partial charge < -0.3 is 15.5 Å². The highest BCUT2D eigenvalue weighted by Crippen LogP contribution is 2.23. The van der Waals surface area contributed by atoms with E-state index in [2.05, 4.69) is 27.7 Å². The van der Waals surface area contributed by atoms with Crippen LogP contribution in [0, 0.1) is 0 Å². The lowest BCUT2D eigenvalue weighted by molar-refractivity contribution is -0.115. The SMILES string of the molecule is C[C@@H](NCC(=O)Nc1ccc(N2CCCC2)cc1)c1ccccc1Cl. The molecule has 3 rings (SSSR count). The van der Waals surface area contributed by atoms with Gasteiger partial charge in [-0.1, -0.05) is 29.8 Å². The summed E-state index contributed by atoms with van der Waals surface area (Å²) in [6.45, 7) is 4.48. The zero-order valence-electron chi connectivity index (χ0n) is 14.5. The van der Waals surface area contributed by atoms with E-state index in [-0.39, 0.29) is 18.5 Å². The molecule has 1 atom stereocenters. The third-order valence-corrected chi connectivity index (χ3v) is 4.91. The molecular formula is C20H24ClN3O. The van der Waals surface area contributed by atoms with E-state index in [0.717, 1.165) is 24.3 Å². The molecule has 1 aliphatic heterocycles. The van der Waals surface area contributed by atoms with Crippen molar-refractivity contribution in [2.45, 2.75) is 25.8 Å². The minimum absolute atomic E-state index is 0.0111. The fourth-order valence-electron chi connectivity index (χ4n) is 3.12. The number of amides is 1. The smallest absolute Gasteiger partial charge is 0.238 e. The van der Waals surface area contributed by atoms with Crippen molar-refractivity contribution in [1.29, 1.82) is 0 Å². The van der Waals surface area contributed by atoms with Crippen molar-refractivity contribution in [2.75, 3.05) is 29.9 Å². The Morgan fingerprint density at radius 1 is 1.12 bits per heavy atom. The molecule has 1 fully saturated rings. The summed E-state index contributed by atoms with van der Waals surface area (Å²) >= 11 is 6.19. The lowest BCUT2D eigenvalue weighted by Gasteiger charge is -2.18. The largest absolute Gasteiger partial charge is 0.372 e. The van der Waals surface area contributed by atoms with Gasteiger partial charge in [0, 0.05) is 35.5 Å². The van der Waals surface area contributed by atoms with Gasteiger partial charge in [0.25, 0.3) is 0 Å². The van der Waals surface area contributed by atoms with Crippen LogP contribution in [0.15, 0.2) is 48.5 Å². The van der Waals surface area contributed by atoms with Gasteiger partial charge in [-0.2, -0.15) is 0 Å². The molecule has 1 saturated heterocycles. The normalized spacial score (nSPS) is 15.2. The molecule has 132 valence electrons. The Labute approximate surface area is 154 Å². The Bertz CT molecular complexity index is 711. The Morgan fingerprint density at radius 3 is 2.48 bits per heavy atom. The number of carbonyl (C=O) groups excluding carboxylic acids is 1. The molecule has 4 nitrogen and oxygen atoms in total. The number of benzene rings is 2. The third kappa shape index (κ3) is 4.74. The Balaban J connectivity index is 1.49. The number of halogens is 1. The monoisotopic (exact) mass is 357 g/mol. The van der Waals surface area contributed by atoms with E-state index >= 15 is 0 Å². The predicted molar refractivity (Wildman–Crippen MR) is 104 cm³/mol. The number of hydrogen-bond donors (Lipinski definition) is 2. The second kappa shape index (κ2) is 8.37. The Morgan fingerprint density at radius 2 is 1.80 bits per heavy atom. The average Bonchev–Trinajstić information content (AvgIpc) is 3.15. The van der Waals surface area contributed by atoms with Gasteiger partial charge in [0.2, 0.25) is 5.91 Å². The van der Waals surface area contributed by atoms with E-state index in [4.69, 9.17) is 11.6 Å². The van der Waals surface area contributed by atoms with E-state index in [0.29, 0.717) is 5.02 Å². The van der Waals surface area contributed by atoms with Crippen LogP contribution in [0.2, 0.25) is 5.02 Å². The van der Waals surface area contributed by atoms with Crippen LogP contribution in [-0.4, -0.2) is 25.5 Å². The summed E-state index contributed by atoms with van der Waals surface area (Å²) in [6.07, 6.45) is 2.52. The van der Waals surface area contributed by atoms with Crippen molar-refractivity contribution < 1.29 is 4.79 Å². The van der Waals surface area contributed by atoms with Crippen molar-refractivity contribution in [3.05, 3.63) is 59.1 Å². The maximum Gasteiger partial charge on any atom is 0.238 e. The summed E-state index contributed by atoms with van der Waals surface area (Å²) in [5, 5.41) is 6.85. The van der Waals surface area contributed by atoms with Gasteiger partial charge in [0.1, 0.15) is 0 Å². The molecule has 0 aromatic heterocycles. The molecular weight excluding hydrogens is 334 g/mol. The maximum atomic E-state index is 12.2. The van der Waals surface area contributed by atoms with Crippen LogP contribution in [0.3, 0.4) is 0 Å². The van der Waals surface area contributed by atoms with Gasteiger partial charge in [-0.25, -0.2) is 0 Å². The van der Waals surface area contributed by atoms with E-state index in [9.17, 15) is 4.79 Å². The quantitative estimate of drug-likeness (QED) is 0.813. The molecule has 0 saturated carbocycles. The first-order chi connectivity index (χ1) is 12.1. The molecule has 0 spiro atoms. The molecule has 1 aliphatic rings. The molecule has 0 radical (unpaired) electrons. The molecule has 2 aromatic carbocycles. The standard InChI is InChI=1S/C20H24ClN3O/c1-15(18-6-2-3-7-19(18)21)22-14-20(25)23-16-8-10-17(11-9-16)24-12-4-5-13-24/h2-3,6-11,15,22H,4-5,12-14H2,1H3,(H,23,25)/t15-/m1/s1. The number of carbonyl (C=O) groups is 1. The molecule has 1 heterocycles. The van der Waals surface area contributed by atoms with Crippen molar-refractivity contribution in [2.24, 2.45) is 0 Å². The van der Waals surface area contributed by atoms with Gasteiger partial charge in [-0.05, 0) is 55.7 Å². The highest BCUT2D eigenvalue weighted by Gasteiger charge is 2.13. The van der Waals surface area contributed by atoms with Crippen LogP contribution < -0.4 is 15.5 Å². The van der Waals surface area contributed by atoms with Crippen LogP contribution in [0.25, 0.3) is 0 Å². The van der Waals surface area contributed by atoms with Crippen LogP contribution >= 0.6 is 11.6 Å². The molecule has 5 heteroatoms. The lowest BCUT2D eigenvalue weighted by Crippen LogP contribution is -2.30. The van der Waals surface area contributed by atoms with Gasteiger partial charge in [-0.15, -0.1) is 0 Å². The summed E-state index contributed by atoms with van der Waals surface area (Å²) in [4.78, 5) is 14.5. The van der Waals surface area contributed by atoms with Crippen molar-refractivity contribution in [1.82, 2.24) is 5.32 Å². The van der Waals surface area contributed by atoms with E-state index in [1.165, 1.54) is 18.5 Å². The molecule has 2 N–H and O–H groups in total. The van der Waals surface area contributed by atoms with Gasteiger partial charge >= 0.3 is 0 Å². The number of hydrogen-bond acceptors (Lipinski definition) is 3. The molecule has 2 aromatic rings. The van der Waals surface area contributed by atoms with E-state index in [1.807, 2.05) is 43.3 Å². The summed E-state index contributed by atoms with van der Waals surface area (Å²) < 4.78 is 0. The van der Waals surface area contributed by atoms with Gasteiger partial charge in [0.15, 0.2) is 0 Å². The number of nitrogens with zero attached hydrogens (tertiary/aromatic N) is 1. The molecule has 0 unspecified atom stereocenters. The number of rotatable bonds is 6. The van der Waals surface area contributed by atoms with Crippen LogP contribution in [0.1, 0.15) is 31.4 Å². The second-order valence-corrected chi connectivity index (χ2v) is 6.82. The molecule has 1 amide bonds. The van der Waals surface area contributed by atoms with Gasteiger partial charge in [0.05, 0.1) is 6.54 Å². The fourth-order valence-corrected chi connectivity index (χ4v) is 3.42. The van der Waals surface area contributed by atoms with E-state index in [1.54, 1.807) is 0 Å².